The number of rotatable bonds is 0. The van der Waals surface area contributed by atoms with E-state index in [4.69, 9.17) is 23.7 Å². The van der Waals surface area contributed by atoms with E-state index in [-0.39, 0.29) is 11.4 Å². The standard InChI is InChI=1S/C12H4N4/c1-15-11(7-13)9-3-5-10(6-4-9)12(8-14)16-2/h3-6H. The van der Waals surface area contributed by atoms with Crippen molar-refractivity contribution in [1.29, 1.82) is 10.5 Å². The fourth-order valence-corrected chi connectivity index (χ4v) is 1.09. The lowest BCUT2D eigenvalue weighted by Gasteiger charge is -1.88. The molecule has 0 heterocycles. The van der Waals surface area contributed by atoms with Gasteiger partial charge in [-0.15, -0.1) is 0 Å². The molecule has 0 spiro atoms. The van der Waals surface area contributed by atoms with Gasteiger partial charge in [0.05, 0.1) is 25.3 Å². The number of hydrogen-bond donors (Lipinski definition) is 0. The van der Waals surface area contributed by atoms with Crippen molar-refractivity contribution < 1.29 is 0 Å². The Bertz CT molecular complexity index is 581. The Kier molecular flexibility index (Phi) is 3.41. The zero-order valence-electron chi connectivity index (χ0n) is 8.10. The minimum Gasteiger partial charge on any atom is -0.226 e. The molecule has 0 fully saturated rings. The number of nitriles is 2. The molecular formula is C12H4N4. The van der Waals surface area contributed by atoms with E-state index in [2.05, 4.69) is 9.69 Å². The largest absolute Gasteiger partial charge is 0.268 e. The molecule has 1 aromatic rings. The Morgan fingerprint density at radius 1 is 0.875 bits per heavy atom. The first-order chi connectivity index (χ1) is 7.76. The molecule has 0 unspecified atom stereocenters. The summed E-state index contributed by atoms with van der Waals surface area (Å²) < 4.78 is 0. The maximum absolute atomic E-state index is 8.64. The lowest BCUT2D eigenvalue weighted by Crippen LogP contribution is -2.10. The van der Waals surface area contributed by atoms with E-state index < -0.39 is 0 Å². The molecule has 0 N–H and O–H groups in total. The highest BCUT2D eigenvalue weighted by atomic mass is 14.7. The molecule has 4 nitrogen and oxygen atoms in total. The minimum absolute atomic E-state index is 0.00660. The summed E-state index contributed by atoms with van der Waals surface area (Å²) in [4.78, 5) is 6.13. The zero-order chi connectivity index (χ0) is 12.0. The van der Waals surface area contributed by atoms with E-state index in [1.165, 1.54) is 0 Å². The summed E-state index contributed by atoms with van der Waals surface area (Å²) in [6.07, 6.45) is 0. The monoisotopic (exact) mass is 204 g/mol. The van der Waals surface area contributed by atoms with Crippen molar-refractivity contribution in [3.05, 3.63) is 57.5 Å². The van der Waals surface area contributed by atoms with E-state index in [1.807, 2.05) is 0 Å². The van der Waals surface area contributed by atoms with E-state index in [1.54, 1.807) is 36.4 Å². The van der Waals surface area contributed by atoms with Gasteiger partial charge in [0.1, 0.15) is 0 Å². The van der Waals surface area contributed by atoms with Gasteiger partial charge < -0.3 is 0 Å². The van der Waals surface area contributed by atoms with Crippen LogP contribution in [-0.4, -0.2) is 0 Å². The van der Waals surface area contributed by atoms with E-state index in [0.717, 1.165) is 0 Å². The van der Waals surface area contributed by atoms with Crippen LogP contribution in [0, 0.1) is 35.8 Å². The molecule has 0 atom stereocenters. The van der Waals surface area contributed by atoms with Gasteiger partial charge in [0.2, 0.25) is 0 Å². The Morgan fingerprint density at radius 3 is 1.38 bits per heavy atom. The average Bonchev–Trinajstić information content (AvgIpc) is 2.34. The Labute approximate surface area is 92.2 Å². The van der Waals surface area contributed by atoms with Crippen LogP contribution in [0.2, 0.25) is 0 Å². The van der Waals surface area contributed by atoms with Crippen molar-refractivity contribution in [2.24, 2.45) is 0 Å². The molecular weight excluding hydrogens is 200 g/mol. The van der Waals surface area contributed by atoms with Crippen molar-refractivity contribution in [3.63, 3.8) is 0 Å². The van der Waals surface area contributed by atoms with Crippen LogP contribution in [-0.2, 0) is 0 Å². The Hall–Kier alpha value is -3.08. The molecule has 1 aromatic carbocycles. The van der Waals surface area contributed by atoms with Gasteiger partial charge in [0.15, 0.2) is 0 Å². The molecule has 0 bridgehead atoms. The van der Waals surface area contributed by atoms with Crippen LogP contribution in [0.1, 0.15) is 0 Å². The summed E-state index contributed by atoms with van der Waals surface area (Å²) in [7, 11) is 0. The summed E-state index contributed by atoms with van der Waals surface area (Å²) in [6, 6.07) is 9.75. The van der Waals surface area contributed by atoms with Crippen LogP contribution in [0.3, 0.4) is 0 Å². The smallest absolute Gasteiger partial charge is 0.226 e. The molecule has 0 aliphatic heterocycles. The molecule has 4 heteroatoms. The first-order valence-electron chi connectivity index (χ1n) is 4.16. The molecule has 0 radical (unpaired) electrons. The summed E-state index contributed by atoms with van der Waals surface area (Å²) in [5.41, 5.74) is -0.0132. The van der Waals surface area contributed by atoms with Crippen LogP contribution in [0.25, 0.3) is 21.1 Å². The van der Waals surface area contributed by atoms with Crippen molar-refractivity contribution in [1.82, 2.24) is 0 Å². The second-order valence-corrected chi connectivity index (χ2v) is 2.72. The van der Waals surface area contributed by atoms with Crippen LogP contribution in [0.4, 0.5) is 0 Å². The van der Waals surface area contributed by atoms with Crippen molar-refractivity contribution in [2.75, 3.05) is 0 Å². The third kappa shape index (κ3) is 2.05. The van der Waals surface area contributed by atoms with Gasteiger partial charge in [-0.2, -0.15) is 0 Å². The molecule has 16 heavy (non-hydrogen) atoms. The highest BCUT2D eigenvalue weighted by molar-refractivity contribution is 5.67. The normalized spacial score (nSPS) is 7.75. The number of hydrogen-bond acceptors (Lipinski definition) is 2. The SMILES string of the molecule is [C-]#[N+]C(C#N)=c1ccc(=C(C#N)[N+]#[C-])cc1. The fourth-order valence-electron chi connectivity index (χ4n) is 1.09. The van der Waals surface area contributed by atoms with Gasteiger partial charge in [-0.25, -0.2) is 20.2 Å². The zero-order valence-corrected chi connectivity index (χ0v) is 8.10. The van der Waals surface area contributed by atoms with E-state index >= 15 is 0 Å². The minimum atomic E-state index is -0.00660. The van der Waals surface area contributed by atoms with Crippen molar-refractivity contribution >= 4 is 11.4 Å². The summed E-state index contributed by atoms with van der Waals surface area (Å²) in [6.45, 7) is 13.5. The maximum atomic E-state index is 8.64. The molecule has 1 rings (SSSR count). The van der Waals surface area contributed by atoms with E-state index in [0.29, 0.717) is 10.4 Å². The van der Waals surface area contributed by atoms with Gasteiger partial charge in [0, 0.05) is 0 Å². The molecule has 0 amide bonds. The summed E-state index contributed by atoms with van der Waals surface area (Å²) in [5.74, 6) is 0. The first-order valence-corrected chi connectivity index (χ1v) is 4.16. The molecule has 0 saturated heterocycles. The van der Waals surface area contributed by atoms with Crippen molar-refractivity contribution in [3.8, 4) is 12.1 Å². The lowest BCUT2D eigenvalue weighted by molar-refractivity contribution is 1.48. The number of nitrogens with zero attached hydrogens (tertiary/aromatic N) is 4. The van der Waals surface area contributed by atoms with Gasteiger partial charge in [0.25, 0.3) is 11.4 Å². The lowest BCUT2D eigenvalue weighted by atomic mass is 10.2. The molecule has 0 saturated carbocycles. The van der Waals surface area contributed by atoms with Crippen LogP contribution < -0.4 is 10.4 Å². The van der Waals surface area contributed by atoms with Crippen LogP contribution in [0.15, 0.2) is 24.3 Å². The first kappa shape index (κ1) is 11.0. The highest BCUT2D eigenvalue weighted by Crippen LogP contribution is 1.92. The second kappa shape index (κ2) is 4.97. The van der Waals surface area contributed by atoms with Crippen LogP contribution in [0.5, 0.6) is 0 Å². The Balaban J connectivity index is 3.58. The maximum Gasteiger partial charge on any atom is 0.268 e. The Morgan fingerprint density at radius 2 is 1.19 bits per heavy atom. The van der Waals surface area contributed by atoms with Crippen molar-refractivity contribution in [2.45, 2.75) is 0 Å². The highest BCUT2D eigenvalue weighted by Gasteiger charge is 1.96. The number of benzene rings is 1. The summed E-state index contributed by atoms with van der Waals surface area (Å²) in [5, 5.41) is 18.3. The van der Waals surface area contributed by atoms with E-state index in [9.17, 15) is 0 Å². The molecule has 0 aliphatic rings. The third-order valence-electron chi connectivity index (χ3n) is 1.87. The second-order valence-electron chi connectivity index (χ2n) is 2.72. The van der Waals surface area contributed by atoms with Gasteiger partial charge in [-0.3, -0.25) is 0 Å². The van der Waals surface area contributed by atoms with Crippen LogP contribution >= 0.6 is 0 Å². The third-order valence-corrected chi connectivity index (χ3v) is 1.87. The molecule has 72 valence electrons. The fraction of sp³-hybridized carbons (Fsp3) is 0. The quantitative estimate of drug-likeness (QED) is 0.586. The topological polar surface area (TPSA) is 56.3 Å². The molecule has 0 aliphatic carbocycles. The predicted octanol–water partition coefficient (Wildman–Crippen LogP) is 0.789. The molecule has 0 aromatic heterocycles. The van der Waals surface area contributed by atoms with Gasteiger partial charge in [-0.1, -0.05) is 24.3 Å². The predicted molar refractivity (Wildman–Crippen MR) is 56.9 cm³/mol. The average molecular weight is 204 g/mol. The van der Waals surface area contributed by atoms with Gasteiger partial charge in [-0.05, 0) is 10.4 Å². The summed E-state index contributed by atoms with van der Waals surface area (Å²) >= 11 is 0. The van der Waals surface area contributed by atoms with Gasteiger partial charge >= 0.3 is 0 Å².